The molecule has 2 rings (SSSR count). The zero-order valence-electron chi connectivity index (χ0n) is 8.43. The first-order valence-corrected chi connectivity index (χ1v) is 5.81. The van der Waals surface area contributed by atoms with Crippen LogP contribution < -0.4 is 0 Å². The van der Waals surface area contributed by atoms with Crippen LogP contribution >= 0.6 is 11.3 Å². The zero-order valence-corrected chi connectivity index (χ0v) is 9.25. The first-order chi connectivity index (χ1) is 7.24. The largest absolute Gasteiger partial charge is 0.481 e. The Labute approximate surface area is 92.2 Å². The summed E-state index contributed by atoms with van der Waals surface area (Å²) in [5.74, 6) is -1.12. The van der Waals surface area contributed by atoms with Crippen LogP contribution in [0.3, 0.4) is 0 Å². The fraction of sp³-hybridized carbons (Fsp3) is 0.250. The van der Waals surface area contributed by atoms with Crippen LogP contribution in [0, 0.1) is 0 Å². The van der Waals surface area contributed by atoms with Crippen molar-refractivity contribution in [1.29, 1.82) is 0 Å². The van der Waals surface area contributed by atoms with Crippen molar-refractivity contribution in [3.05, 3.63) is 35.2 Å². The minimum atomic E-state index is -0.738. The lowest BCUT2D eigenvalue weighted by atomic mass is 9.96. The highest BCUT2D eigenvalue weighted by molar-refractivity contribution is 7.17. The molecule has 0 aliphatic carbocycles. The van der Waals surface area contributed by atoms with Gasteiger partial charge in [0.2, 0.25) is 0 Å². The van der Waals surface area contributed by atoms with Gasteiger partial charge in [0.1, 0.15) is 0 Å². The maximum Gasteiger partial charge on any atom is 0.311 e. The van der Waals surface area contributed by atoms with Crippen molar-refractivity contribution in [2.75, 3.05) is 0 Å². The predicted molar refractivity (Wildman–Crippen MR) is 62.5 cm³/mol. The first-order valence-electron chi connectivity index (χ1n) is 4.93. The van der Waals surface area contributed by atoms with Crippen LogP contribution in [0.4, 0.5) is 0 Å². The Bertz CT molecular complexity index is 487. The van der Waals surface area contributed by atoms with E-state index in [0.717, 1.165) is 15.6 Å². The summed E-state index contributed by atoms with van der Waals surface area (Å²) in [5.41, 5.74) is 0.942. The predicted octanol–water partition coefficient (Wildman–Crippen LogP) is 3.48. The average molecular weight is 220 g/mol. The molecule has 1 aromatic carbocycles. The highest BCUT2D eigenvalue weighted by Gasteiger charge is 2.19. The van der Waals surface area contributed by atoms with Gasteiger partial charge >= 0.3 is 5.97 Å². The van der Waals surface area contributed by atoms with E-state index < -0.39 is 5.97 Å². The molecule has 2 nitrogen and oxygen atoms in total. The highest BCUT2D eigenvalue weighted by Crippen LogP contribution is 2.31. The number of carboxylic acids is 1. The summed E-state index contributed by atoms with van der Waals surface area (Å²) in [5, 5.41) is 12.3. The Balaban J connectivity index is 2.59. The summed E-state index contributed by atoms with van der Waals surface area (Å²) >= 11 is 1.61. The summed E-state index contributed by atoms with van der Waals surface area (Å²) in [4.78, 5) is 11.1. The van der Waals surface area contributed by atoms with E-state index in [-0.39, 0.29) is 5.92 Å². The first kappa shape index (κ1) is 10.2. The standard InChI is InChI=1S/C12H12O2S/c1-2-9(12(13)14)10-5-3-4-8-6-7-15-11(8)10/h3-7,9H,2H2,1H3,(H,13,14). The molecule has 0 saturated heterocycles. The fourth-order valence-electron chi connectivity index (χ4n) is 1.82. The molecule has 15 heavy (non-hydrogen) atoms. The molecule has 0 radical (unpaired) electrons. The second-order valence-corrected chi connectivity index (χ2v) is 4.40. The van der Waals surface area contributed by atoms with Gasteiger partial charge in [0.15, 0.2) is 0 Å². The lowest BCUT2D eigenvalue weighted by molar-refractivity contribution is -0.138. The lowest BCUT2D eigenvalue weighted by Crippen LogP contribution is -2.10. The Hall–Kier alpha value is -1.35. The lowest BCUT2D eigenvalue weighted by Gasteiger charge is -2.10. The Morgan fingerprint density at radius 3 is 2.93 bits per heavy atom. The number of carboxylic acid groups (broad SMARTS) is 1. The molecule has 0 aliphatic rings. The van der Waals surface area contributed by atoms with E-state index in [1.807, 2.05) is 36.6 Å². The molecule has 1 N–H and O–H groups in total. The Kier molecular flexibility index (Phi) is 2.73. The number of hydrogen-bond acceptors (Lipinski definition) is 2. The summed E-state index contributed by atoms with van der Waals surface area (Å²) in [7, 11) is 0. The number of hydrogen-bond donors (Lipinski definition) is 1. The van der Waals surface area contributed by atoms with Gasteiger partial charge in [-0.1, -0.05) is 25.1 Å². The van der Waals surface area contributed by atoms with Crippen molar-refractivity contribution in [1.82, 2.24) is 0 Å². The maximum absolute atomic E-state index is 11.1. The SMILES string of the molecule is CCC(C(=O)O)c1cccc2ccsc12. The molecule has 1 aromatic heterocycles. The van der Waals surface area contributed by atoms with Gasteiger partial charge in [-0.3, -0.25) is 4.79 Å². The molecule has 0 spiro atoms. The van der Waals surface area contributed by atoms with Crippen LogP contribution in [0.2, 0.25) is 0 Å². The van der Waals surface area contributed by atoms with E-state index >= 15 is 0 Å². The molecule has 78 valence electrons. The second kappa shape index (κ2) is 4.03. The number of thiophene rings is 1. The van der Waals surface area contributed by atoms with Crippen LogP contribution in [0.25, 0.3) is 10.1 Å². The molecule has 0 amide bonds. The van der Waals surface area contributed by atoms with Crippen LogP contribution in [0.5, 0.6) is 0 Å². The van der Waals surface area contributed by atoms with Crippen molar-refractivity contribution in [2.24, 2.45) is 0 Å². The van der Waals surface area contributed by atoms with Gasteiger partial charge < -0.3 is 5.11 Å². The maximum atomic E-state index is 11.1. The van der Waals surface area contributed by atoms with Gasteiger partial charge in [-0.05, 0) is 28.8 Å². The summed E-state index contributed by atoms with van der Waals surface area (Å²) in [6.07, 6.45) is 0.631. The van der Waals surface area contributed by atoms with Crippen molar-refractivity contribution < 1.29 is 9.90 Å². The monoisotopic (exact) mass is 220 g/mol. The van der Waals surface area contributed by atoms with Gasteiger partial charge in [-0.2, -0.15) is 0 Å². The highest BCUT2D eigenvalue weighted by atomic mass is 32.1. The van der Waals surface area contributed by atoms with Gasteiger partial charge in [0.05, 0.1) is 5.92 Å². The van der Waals surface area contributed by atoms with E-state index in [2.05, 4.69) is 0 Å². The van der Waals surface area contributed by atoms with Crippen molar-refractivity contribution in [3.8, 4) is 0 Å². The molecule has 0 aliphatic heterocycles. The third-order valence-corrected chi connectivity index (χ3v) is 3.57. The topological polar surface area (TPSA) is 37.3 Å². The van der Waals surface area contributed by atoms with Crippen molar-refractivity contribution in [3.63, 3.8) is 0 Å². The molecule has 1 atom stereocenters. The summed E-state index contributed by atoms with van der Waals surface area (Å²) in [6.45, 7) is 1.91. The molecule has 1 heterocycles. The second-order valence-electron chi connectivity index (χ2n) is 3.49. The number of carbonyl (C=O) groups is 1. The number of fused-ring (bicyclic) bond motifs is 1. The number of aliphatic carboxylic acids is 1. The third kappa shape index (κ3) is 1.75. The van der Waals surface area contributed by atoms with Crippen molar-refractivity contribution >= 4 is 27.4 Å². The van der Waals surface area contributed by atoms with Gasteiger partial charge in [0, 0.05) is 4.70 Å². The molecular weight excluding hydrogens is 208 g/mol. The molecule has 0 fully saturated rings. The van der Waals surface area contributed by atoms with Crippen LogP contribution in [0.1, 0.15) is 24.8 Å². The van der Waals surface area contributed by atoms with E-state index in [0.29, 0.717) is 6.42 Å². The molecule has 0 bridgehead atoms. The number of benzene rings is 1. The minimum Gasteiger partial charge on any atom is -0.481 e. The van der Waals surface area contributed by atoms with Crippen molar-refractivity contribution in [2.45, 2.75) is 19.3 Å². The van der Waals surface area contributed by atoms with Crippen LogP contribution in [-0.4, -0.2) is 11.1 Å². The van der Waals surface area contributed by atoms with Crippen LogP contribution in [-0.2, 0) is 4.79 Å². The van der Waals surface area contributed by atoms with E-state index in [1.165, 1.54) is 0 Å². The van der Waals surface area contributed by atoms with E-state index in [9.17, 15) is 4.79 Å². The quantitative estimate of drug-likeness (QED) is 0.859. The number of rotatable bonds is 3. The van der Waals surface area contributed by atoms with E-state index in [1.54, 1.807) is 11.3 Å². The van der Waals surface area contributed by atoms with Gasteiger partial charge in [-0.25, -0.2) is 0 Å². The van der Waals surface area contributed by atoms with E-state index in [4.69, 9.17) is 5.11 Å². The minimum absolute atomic E-state index is 0.382. The average Bonchev–Trinajstić information content (AvgIpc) is 2.66. The Morgan fingerprint density at radius 2 is 2.27 bits per heavy atom. The molecule has 2 aromatic rings. The molecule has 0 saturated carbocycles. The van der Waals surface area contributed by atoms with Crippen LogP contribution in [0.15, 0.2) is 29.6 Å². The normalized spacial score (nSPS) is 12.9. The zero-order chi connectivity index (χ0) is 10.8. The summed E-state index contributed by atoms with van der Waals surface area (Å²) in [6, 6.07) is 7.89. The molecular formula is C12H12O2S. The summed E-state index contributed by atoms with van der Waals surface area (Å²) < 4.78 is 1.10. The molecule has 3 heteroatoms. The fourth-order valence-corrected chi connectivity index (χ4v) is 2.79. The van der Waals surface area contributed by atoms with Gasteiger partial charge in [0.25, 0.3) is 0 Å². The van der Waals surface area contributed by atoms with Gasteiger partial charge in [-0.15, -0.1) is 11.3 Å². The third-order valence-electron chi connectivity index (χ3n) is 2.59. The Morgan fingerprint density at radius 1 is 1.47 bits per heavy atom. The smallest absolute Gasteiger partial charge is 0.311 e. The molecule has 1 unspecified atom stereocenters.